The number of benzene rings is 2. The van der Waals surface area contributed by atoms with Crippen LogP contribution in [0.2, 0.25) is 0 Å². The Morgan fingerprint density at radius 2 is 2.00 bits per heavy atom. The van der Waals surface area contributed by atoms with E-state index in [2.05, 4.69) is 16.3 Å². The molecule has 0 radical (unpaired) electrons. The summed E-state index contributed by atoms with van der Waals surface area (Å²) in [7, 11) is 1.67. The number of methoxy groups -OCH3 is 1. The molecule has 7 heteroatoms. The Morgan fingerprint density at radius 3 is 2.78 bits per heavy atom. The van der Waals surface area contributed by atoms with E-state index in [9.17, 15) is 9.90 Å². The van der Waals surface area contributed by atoms with E-state index >= 15 is 0 Å². The number of aliphatic hydroxyl groups is 1. The van der Waals surface area contributed by atoms with Crippen LogP contribution in [0.3, 0.4) is 0 Å². The van der Waals surface area contributed by atoms with E-state index in [1.54, 1.807) is 7.11 Å². The quantitative estimate of drug-likeness (QED) is 0.633. The molecule has 2 aromatic rings. The number of carbonyl (C=O) groups excluding carboxylic acids is 1. The SMILES string of the molecule is COc1ccc2c3c1OC1C4(O)CC[C@@]5(OC4C(=O)NCc4ccccc4)[C@@H](C2)N(CC2CC2)CC[C@]315. The van der Waals surface area contributed by atoms with Crippen molar-refractivity contribution in [3.05, 3.63) is 59.2 Å². The molecular formula is C30H34N2O5. The van der Waals surface area contributed by atoms with Gasteiger partial charge in [-0.2, -0.15) is 0 Å². The van der Waals surface area contributed by atoms with Gasteiger partial charge in [0.2, 0.25) is 0 Å². The molecule has 2 spiro atoms. The number of carbonyl (C=O) groups is 1. The topological polar surface area (TPSA) is 80.3 Å². The Morgan fingerprint density at radius 1 is 1.16 bits per heavy atom. The summed E-state index contributed by atoms with van der Waals surface area (Å²) in [6.07, 6.45) is 4.03. The van der Waals surface area contributed by atoms with Crippen LogP contribution in [-0.4, -0.2) is 65.6 Å². The molecule has 3 unspecified atom stereocenters. The maximum absolute atomic E-state index is 13.7. The summed E-state index contributed by atoms with van der Waals surface area (Å²) in [6, 6.07) is 14.2. The van der Waals surface area contributed by atoms with E-state index in [1.807, 2.05) is 36.4 Å². The lowest BCUT2D eigenvalue weighted by atomic mass is 9.44. The molecule has 1 amide bonds. The highest BCUT2D eigenvalue weighted by atomic mass is 16.6. The van der Waals surface area contributed by atoms with E-state index in [0.29, 0.717) is 18.7 Å². The molecule has 7 aliphatic rings. The third kappa shape index (κ3) is 2.75. The predicted molar refractivity (Wildman–Crippen MR) is 136 cm³/mol. The number of likely N-dealkylation sites (tertiary alicyclic amines) is 1. The number of ether oxygens (including phenoxy) is 3. The monoisotopic (exact) mass is 502 g/mol. The Bertz CT molecular complexity index is 1280. The molecule has 4 heterocycles. The molecule has 2 N–H and O–H groups in total. The first-order valence-corrected chi connectivity index (χ1v) is 13.8. The van der Waals surface area contributed by atoms with Crippen LogP contribution in [0.5, 0.6) is 11.5 Å². The summed E-state index contributed by atoms with van der Waals surface area (Å²) in [5, 5.41) is 15.4. The summed E-state index contributed by atoms with van der Waals surface area (Å²) in [4.78, 5) is 16.4. The first kappa shape index (κ1) is 22.4. The minimum Gasteiger partial charge on any atom is -0.493 e. The average molecular weight is 503 g/mol. The van der Waals surface area contributed by atoms with Crippen LogP contribution in [0.15, 0.2) is 42.5 Å². The largest absolute Gasteiger partial charge is 0.493 e. The highest BCUT2D eigenvalue weighted by Gasteiger charge is 2.82. The molecule has 194 valence electrons. The number of hydrogen-bond acceptors (Lipinski definition) is 6. The van der Waals surface area contributed by atoms with Crippen molar-refractivity contribution in [1.82, 2.24) is 10.2 Å². The van der Waals surface area contributed by atoms with Gasteiger partial charge in [0.15, 0.2) is 17.6 Å². The molecule has 6 atom stereocenters. The lowest BCUT2D eigenvalue weighted by Gasteiger charge is -2.72. The van der Waals surface area contributed by atoms with Crippen LogP contribution in [-0.2, 0) is 27.9 Å². The minimum absolute atomic E-state index is 0.161. The van der Waals surface area contributed by atoms with Crippen molar-refractivity contribution in [1.29, 1.82) is 0 Å². The molecule has 3 saturated heterocycles. The second-order valence-corrected chi connectivity index (χ2v) is 12.1. The van der Waals surface area contributed by atoms with Crippen LogP contribution >= 0.6 is 0 Å². The molecular weight excluding hydrogens is 468 g/mol. The smallest absolute Gasteiger partial charge is 0.252 e. The van der Waals surface area contributed by atoms with E-state index in [0.717, 1.165) is 49.6 Å². The maximum Gasteiger partial charge on any atom is 0.252 e. The van der Waals surface area contributed by atoms with Gasteiger partial charge in [0.25, 0.3) is 5.91 Å². The van der Waals surface area contributed by atoms with Crippen molar-refractivity contribution in [2.45, 2.75) is 79.9 Å². The molecule has 4 aliphatic heterocycles. The summed E-state index contributed by atoms with van der Waals surface area (Å²) < 4.78 is 19.5. The number of fused-ring (bicyclic) bond motifs is 2. The number of rotatable bonds is 6. The highest BCUT2D eigenvalue weighted by molar-refractivity contribution is 5.83. The molecule has 2 aromatic carbocycles. The van der Waals surface area contributed by atoms with Gasteiger partial charge in [-0.3, -0.25) is 9.69 Å². The Hall–Kier alpha value is -2.61. The van der Waals surface area contributed by atoms with Crippen molar-refractivity contribution in [3.63, 3.8) is 0 Å². The van der Waals surface area contributed by atoms with Crippen LogP contribution < -0.4 is 14.8 Å². The fraction of sp³-hybridized carbons (Fsp3) is 0.567. The second kappa shape index (κ2) is 7.49. The zero-order chi connectivity index (χ0) is 25.0. The number of nitrogens with one attached hydrogen (secondary N) is 1. The summed E-state index contributed by atoms with van der Waals surface area (Å²) in [6.45, 7) is 2.45. The van der Waals surface area contributed by atoms with E-state index < -0.39 is 28.8 Å². The fourth-order valence-electron chi connectivity index (χ4n) is 8.63. The highest BCUT2D eigenvalue weighted by Crippen LogP contribution is 2.71. The van der Waals surface area contributed by atoms with Crippen LogP contribution in [0, 0.1) is 5.92 Å². The van der Waals surface area contributed by atoms with Gasteiger partial charge in [-0.15, -0.1) is 0 Å². The molecule has 5 fully saturated rings. The fourth-order valence-corrected chi connectivity index (χ4v) is 8.63. The first-order chi connectivity index (χ1) is 18.0. The van der Waals surface area contributed by atoms with Gasteiger partial charge in [0, 0.05) is 24.7 Å². The number of hydrogen-bond donors (Lipinski definition) is 2. The Balaban J connectivity index is 1.23. The predicted octanol–water partition coefficient (Wildman–Crippen LogP) is 2.71. The number of nitrogens with zero attached hydrogens (tertiary/aromatic N) is 1. The second-order valence-electron chi connectivity index (χ2n) is 12.1. The van der Waals surface area contributed by atoms with Crippen molar-refractivity contribution in [3.8, 4) is 11.5 Å². The van der Waals surface area contributed by atoms with Gasteiger partial charge in [-0.05, 0) is 68.2 Å². The van der Waals surface area contributed by atoms with Crippen molar-refractivity contribution in [2.75, 3.05) is 20.2 Å². The van der Waals surface area contributed by atoms with Crippen molar-refractivity contribution >= 4 is 5.91 Å². The molecule has 37 heavy (non-hydrogen) atoms. The van der Waals surface area contributed by atoms with E-state index in [-0.39, 0.29) is 11.9 Å². The lowest BCUT2D eigenvalue weighted by Crippen LogP contribution is -2.87. The van der Waals surface area contributed by atoms with Gasteiger partial charge in [-0.25, -0.2) is 0 Å². The molecule has 7 nitrogen and oxygen atoms in total. The summed E-state index contributed by atoms with van der Waals surface area (Å²) in [5.41, 5.74) is 0.999. The summed E-state index contributed by atoms with van der Waals surface area (Å²) in [5.74, 6) is 1.95. The van der Waals surface area contributed by atoms with E-state index in [4.69, 9.17) is 14.2 Å². The molecule has 9 rings (SSSR count). The maximum atomic E-state index is 13.7. The van der Waals surface area contributed by atoms with Crippen molar-refractivity contribution < 1.29 is 24.1 Å². The lowest BCUT2D eigenvalue weighted by molar-refractivity contribution is -0.345. The number of piperidine rings is 1. The summed E-state index contributed by atoms with van der Waals surface area (Å²) >= 11 is 0. The minimum atomic E-state index is -1.41. The standard InChI is InChI=1S/C30H34N2O5/c1-35-21-10-9-20-15-22-30-12-11-29(34,25(37-30)26(33)31-16-18-5-3-2-4-6-18)27-28(30,23(20)24(21)36-27)13-14-32(22)17-19-7-8-19/h2-6,9-10,19,22,25,27,34H,7-8,11-17H2,1H3,(H,31,33)/t22-,25?,27?,28+,29?,30-/m1/s1. The van der Waals surface area contributed by atoms with Gasteiger partial charge in [0.05, 0.1) is 18.1 Å². The van der Waals surface area contributed by atoms with Gasteiger partial charge >= 0.3 is 0 Å². The third-order valence-electron chi connectivity index (χ3n) is 10.4. The van der Waals surface area contributed by atoms with E-state index in [1.165, 1.54) is 24.0 Å². The first-order valence-electron chi connectivity index (χ1n) is 13.8. The number of amides is 1. The Labute approximate surface area is 217 Å². The van der Waals surface area contributed by atoms with Gasteiger partial charge < -0.3 is 24.6 Å². The third-order valence-corrected chi connectivity index (χ3v) is 10.4. The molecule has 3 aliphatic carbocycles. The molecule has 0 aromatic heterocycles. The normalized spacial score (nSPS) is 38.6. The zero-order valence-corrected chi connectivity index (χ0v) is 21.2. The van der Waals surface area contributed by atoms with Crippen LogP contribution in [0.25, 0.3) is 0 Å². The molecule has 4 bridgehead atoms. The average Bonchev–Trinajstić information content (AvgIpc) is 3.66. The molecule has 2 saturated carbocycles. The Kier molecular flexibility index (Phi) is 4.53. The van der Waals surface area contributed by atoms with Crippen LogP contribution in [0.4, 0.5) is 0 Å². The van der Waals surface area contributed by atoms with Crippen LogP contribution in [0.1, 0.15) is 48.8 Å². The van der Waals surface area contributed by atoms with Crippen molar-refractivity contribution in [2.24, 2.45) is 5.92 Å². The van der Waals surface area contributed by atoms with Gasteiger partial charge in [0.1, 0.15) is 11.7 Å². The van der Waals surface area contributed by atoms with Gasteiger partial charge in [-0.1, -0.05) is 36.4 Å². The zero-order valence-electron chi connectivity index (χ0n) is 21.2.